The van der Waals surface area contributed by atoms with Crippen LogP contribution in [-0.4, -0.2) is 26.7 Å². The fourth-order valence-electron chi connectivity index (χ4n) is 2.56. The molecule has 2 fully saturated rings. The summed E-state index contributed by atoms with van der Waals surface area (Å²) in [7, 11) is 0. The van der Waals surface area contributed by atoms with E-state index in [4.69, 9.17) is 0 Å². The maximum Gasteiger partial charge on any atom is 2.00 e. The minimum atomic E-state index is -0.206. The van der Waals surface area contributed by atoms with Crippen molar-refractivity contribution in [3.63, 3.8) is 0 Å². The number of benzene rings is 2. The maximum absolute atomic E-state index is 12.2. The van der Waals surface area contributed by atoms with Crippen LogP contribution in [0.5, 0.6) is 0 Å². The number of amides is 1. The molecule has 2 saturated carbocycles. The molecule has 2 aromatic rings. The normalized spacial score (nSPS) is 16.4. The molecule has 0 aromatic heterocycles. The summed E-state index contributed by atoms with van der Waals surface area (Å²) in [5.41, 5.74) is 2.48. The second-order valence-corrected chi connectivity index (χ2v) is 7.79. The summed E-state index contributed by atoms with van der Waals surface area (Å²) >= 11 is 6.14. The van der Waals surface area contributed by atoms with E-state index in [-0.39, 0.29) is 23.0 Å². The third-order valence-corrected chi connectivity index (χ3v) is 4.86. The number of carbonyl (C=O) groups excluding carboxylic acids is 1. The zero-order valence-corrected chi connectivity index (χ0v) is 20.2. The Kier molecular flexibility index (Phi) is 11.4. The first-order valence-electron chi connectivity index (χ1n) is 8.93. The van der Waals surface area contributed by atoms with Gasteiger partial charge in [0.25, 0.3) is 0 Å². The standard InChI is InChI=1S/C19H13BrN2OSe.C5H5.Fe/c20-16-7-3-6-15(12-16)18(23)22-19(24)21-17-10-8-14(9-11-17)13-4-1-2-5-13;1-2-4-5-3-1;/h1-12H,(H,21,22,23);1-5H;/q;;+2. The number of amidine groups is 1. The molecule has 0 atom stereocenters. The Hall–Kier alpha value is -0.901. The van der Waals surface area contributed by atoms with Crippen molar-refractivity contribution in [1.82, 2.24) is 5.32 Å². The van der Waals surface area contributed by atoms with Crippen molar-refractivity contribution in [3.8, 4) is 0 Å². The van der Waals surface area contributed by atoms with Crippen LogP contribution in [0.2, 0.25) is 0 Å². The van der Waals surface area contributed by atoms with Crippen LogP contribution in [0.3, 0.4) is 0 Å². The van der Waals surface area contributed by atoms with Gasteiger partial charge in [-0.1, -0.05) is 0 Å². The first-order chi connectivity index (χ1) is 14.1. The maximum atomic E-state index is 12.2. The summed E-state index contributed by atoms with van der Waals surface area (Å²) in [4.78, 5) is 16.6. The third kappa shape index (κ3) is 8.32. The van der Waals surface area contributed by atoms with Crippen molar-refractivity contribution in [3.05, 3.63) is 128 Å². The smallest absolute Gasteiger partial charge is 0.0312 e. The van der Waals surface area contributed by atoms with Gasteiger partial charge in [0.05, 0.1) is 0 Å². The quantitative estimate of drug-likeness (QED) is 0.325. The molecule has 1 N–H and O–H groups in total. The Labute approximate surface area is 207 Å². The number of nitrogens with zero attached hydrogens (tertiary/aromatic N) is 1. The summed E-state index contributed by atoms with van der Waals surface area (Å²) in [5, 5.41) is 2.75. The van der Waals surface area contributed by atoms with Crippen LogP contribution in [0.1, 0.15) is 15.9 Å². The molecular weight excluding hydrogens is 547 g/mol. The summed E-state index contributed by atoms with van der Waals surface area (Å²) in [6, 6.07) is 15.1. The molecule has 0 bridgehead atoms. The fraction of sp³-hybridized carbons (Fsp3) is 0. The predicted molar refractivity (Wildman–Crippen MR) is 122 cm³/mol. The van der Waals surface area contributed by atoms with Crippen LogP contribution < -0.4 is 5.32 Å². The topological polar surface area (TPSA) is 41.5 Å². The van der Waals surface area contributed by atoms with Crippen molar-refractivity contribution < 1.29 is 21.9 Å². The molecule has 149 valence electrons. The minimum Gasteiger partial charge on any atom is -0.0312 e. The van der Waals surface area contributed by atoms with Gasteiger partial charge in [-0.15, -0.1) is 0 Å². The number of aliphatic imine (C=N–C) groups is 1. The van der Waals surface area contributed by atoms with Gasteiger partial charge in [-0.25, -0.2) is 0 Å². The van der Waals surface area contributed by atoms with E-state index >= 15 is 0 Å². The van der Waals surface area contributed by atoms with Gasteiger partial charge >= 0.3 is 176 Å². The first kappa shape index (κ1) is 25.4. The van der Waals surface area contributed by atoms with Gasteiger partial charge in [0, 0.05) is 0 Å². The molecule has 0 heterocycles. The van der Waals surface area contributed by atoms with E-state index < -0.39 is 0 Å². The molecule has 0 unspecified atom stereocenters. The number of nitrogens with one attached hydrogen (secondary N) is 1. The van der Waals surface area contributed by atoms with Crippen LogP contribution in [0, 0.1) is 63.7 Å². The second-order valence-electron chi connectivity index (χ2n) is 6.06. The summed E-state index contributed by atoms with van der Waals surface area (Å²) in [6.45, 7) is 0. The molecular formula is C24H18BrFeN2OSe+2. The molecule has 0 aliphatic heterocycles. The van der Waals surface area contributed by atoms with Gasteiger partial charge in [0.15, 0.2) is 0 Å². The van der Waals surface area contributed by atoms with Crippen molar-refractivity contribution in [1.29, 1.82) is 0 Å². The zero-order valence-electron chi connectivity index (χ0n) is 15.8. The largest absolute Gasteiger partial charge is 2.00 e. The molecule has 0 spiro atoms. The third-order valence-electron chi connectivity index (χ3n) is 3.96. The monoisotopic (exact) mass is 565 g/mol. The molecule has 30 heavy (non-hydrogen) atoms. The Balaban J connectivity index is 0.000000468. The van der Waals surface area contributed by atoms with Crippen LogP contribution in [0.15, 0.2) is 58.0 Å². The molecule has 2 aliphatic rings. The Bertz CT molecular complexity index is 824. The van der Waals surface area contributed by atoms with Gasteiger partial charge in [0.1, 0.15) is 0 Å². The second kappa shape index (κ2) is 13.5. The van der Waals surface area contributed by atoms with Crippen LogP contribution >= 0.6 is 15.9 Å². The molecule has 2 aromatic carbocycles. The van der Waals surface area contributed by atoms with Crippen molar-refractivity contribution in [2.45, 2.75) is 0 Å². The van der Waals surface area contributed by atoms with Gasteiger partial charge in [-0.2, -0.15) is 0 Å². The summed E-state index contributed by atoms with van der Waals surface area (Å²) < 4.78 is 1.29. The number of hydrogen-bond acceptors (Lipinski definition) is 2. The molecule has 3 nitrogen and oxygen atoms in total. The van der Waals surface area contributed by atoms with E-state index in [1.165, 1.54) is 5.92 Å². The van der Waals surface area contributed by atoms with Crippen LogP contribution in [-0.2, 0) is 17.1 Å². The molecule has 2 aliphatic carbocycles. The van der Waals surface area contributed by atoms with Crippen LogP contribution in [0.4, 0.5) is 5.69 Å². The van der Waals surface area contributed by atoms with E-state index in [1.807, 2.05) is 81.3 Å². The summed E-state index contributed by atoms with van der Waals surface area (Å²) in [6.07, 6.45) is 18.2. The Morgan fingerprint density at radius 3 is 2.03 bits per heavy atom. The molecule has 1 amide bonds. The van der Waals surface area contributed by atoms with Crippen LogP contribution in [0.25, 0.3) is 0 Å². The van der Waals surface area contributed by atoms with Crippen molar-refractivity contribution in [2.24, 2.45) is 4.99 Å². The number of halogens is 1. The SMILES string of the molecule is O=C(NC([Se])=Nc1ccc([C]2[CH][CH][CH][CH]2)cc1)c1cccc(Br)c1.[CH]1[CH][CH][CH][CH]1.[Fe+2]. The van der Waals surface area contributed by atoms with E-state index in [2.05, 4.69) is 55.1 Å². The van der Waals surface area contributed by atoms with E-state index in [1.54, 1.807) is 12.1 Å². The van der Waals surface area contributed by atoms with E-state index in [0.29, 0.717) is 10.3 Å². The van der Waals surface area contributed by atoms with Gasteiger partial charge < -0.3 is 0 Å². The first-order valence-corrected chi connectivity index (χ1v) is 10.6. The number of hydrogen-bond donors (Lipinski definition) is 1. The predicted octanol–water partition coefficient (Wildman–Crippen LogP) is 4.81. The van der Waals surface area contributed by atoms with Gasteiger partial charge in [-0.3, -0.25) is 0 Å². The average molecular weight is 565 g/mol. The molecule has 4 rings (SSSR count). The average Bonchev–Trinajstić information content (AvgIpc) is 3.45. The number of carbonyl (C=O) groups is 1. The zero-order chi connectivity index (χ0) is 20.5. The van der Waals surface area contributed by atoms with E-state index in [0.717, 1.165) is 15.7 Å². The Morgan fingerprint density at radius 2 is 1.47 bits per heavy atom. The van der Waals surface area contributed by atoms with Gasteiger partial charge in [-0.05, 0) is 32.1 Å². The minimum absolute atomic E-state index is 0. The molecule has 11 radical (unpaired) electrons. The van der Waals surface area contributed by atoms with Gasteiger partial charge in [0.2, 0.25) is 0 Å². The van der Waals surface area contributed by atoms with E-state index in [9.17, 15) is 4.79 Å². The summed E-state index contributed by atoms with van der Waals surface area (Å²) in [5.74, 6) is 0.971. The fourth-order valence-corrected chi connectivity index (χ4v) is 3.37. The number of rotatable bonds is 3. The molecule has 6 heteroatoms. The van der Waals surface area contributed by atoms with Crippen molar-refractivity contribution >= 4 is 48.3 Å². The Morgan fingerprint density at radius 1 is 0.867 bits per heavy atom. The van der Waals surface area contributed by atoms with Crippen molar-refractivity contribution in [2.75, 3.05) is 0 Å². The molecule has 0 saturated heterocycles.